The lowest BCUT2D eigenvalue weighted by Crippen LogP contribution is -2.37. The quantitative estimate of drug-likeness (QED) is 0.440. The maximum atomic E-state index is 12.6. The van der Waals surface area contributed by atoms with E-state index in [9.17, 15) is 9.59 Å². The van der Waals surface area contributed by atoms with Crippen LogP contribution in [-0.4, -0.2) is 77.0 Å². The van der Waals surface area contributed by atoms with Gasteiger partial charge in [0.1, 0.15) is 0 Å². The first kappa shape index (κ1) is 25.9. The number of aryl methyl sites for hydroxylation is 1. The second kappa shape index (κ2) is 13.3. The summed E-state index contributed by atoms with van der Waals surface area (Å²) in [4.78, 5) is 31.3. The van der Waals surface area contributed by atoms with Gasteiger partial charge in [-0.25, -0.2) is 0 Å². The van der Waals surface area contributed by atoms with Crippen LogP contribution in [0.4, 0.5) is 0 Å². The molecule has 0 radical (unpaired) electrons. The van der Waals surface area contributed by atoms with Gasteiger partial charge in [-0.05, 0) is 63.2 Å². The van der Waals surface area contributed by atoms with Crippen LogP contribution in [0.1, 0.15) is 68.1 Å². The third-order valence-electron chi connectivity index (χ3n) is 6.74. The molecule has 3 rings (SSSR count). The van der Waals surface area contributed by atoms with Crippen LogP contribution in [0.25, 0.3) is 0 Å². The fraction of sp³-hybridized carbons (Fsp3) is 0.593. The third kappa shape index (κ3) is 7.42. The van der Waals surface area contributed by atoms with Crippen molar-refractivity contribution in [3.05, 3.63) is 53.4 Å². The highest BCUT2D eigenvalue weighted by molar-refractivity contribution is 5.91. The fourth-order valence-electron chi connectivity index (χ4n) is 4.63. The van der Waals surface area contributed by atoms with Crippen molar-refractivity contribution in [1.82, 2.24) is 19.9 Å². The summed E-state index contributed by atoms with van der Waals surface area (Å²) in [5, 5.41) is 3.61. The van der Waals surface area contributed by atoms with Crippen molar-refractivity contribution >= 4 is 11.8 Å². The Hall–Kier alpha value is -2.67. The number of rotatable bonds is 12. The van der Waals surface area contributed by atoms with Crippen molar-refractivity contribution in [2.24, 2.45) is 0 Å². The number of carbonyl (C=O) groups is 2. The van der Waals surface area contributed by atoms with Crippen molar-refractivity contribution in [3.8, 4) is 0 Å². The number of benzene rings is 1. The lowest BCUT2D eigenvalue weighted by Gasteiger charge is -2.29. The Balaban J connectivity index is 1.43. The minimum absolute atomic E-state index is 0.127. The van der Waals surface area contributed by atoms with E-state index in [1.807, 2.05) is 4.90 Å². The molecule has 1 unspecified atom stereocenters. The Bertz CT molecular complexity index is 882. The average molecular weight is 469 g/mol. The van der Waals surface area contributed by atoms with E-state index in [0.717, 1.165) is 51.7 Å². The zero-order valence-corrected chi connectivity index (χ0v) is 21.0. The minimum atomic E-state index is -0.194. The van der Waals surface area contributed by atoms with E-state index in [2.05, 4.69) is 55.1 Å². The summed E-state index contributed by atoms with van der Waals surface area (Å²) in [7, 11) is 0. The van der Waals surface area contributed by atoms with Gasteiger partial charge in [-0.1, -0.05) is 43.3 Å². The first-order valence-corrected chi connectivity index (χ1v) is 12.8. The molecule has 1 aliphatic rings. The number of hydrogen-bond donors (Lipinski definition) is 0. The van der Waals surface area contributed by atoms with E-state index < -0.39 is 0 Å². The Kier molecular flexibility index (Phi) is 10.1. The normalized spacial score (nSPS) is 15.6. The lowest BCUT2D eigenvalue weighted by atomic mass is 10.0. The zero-order chi connectivity index (χ0) is 24.3. The molecular formula is C27H40N4O3. The van der Waals surface area contributed by atoms with Crippen molar-refractivity contribution < 1.29 is 14.1 Å². The summed E-state index contributed by atoms with van der Waals surface area (Å²) in [6, 6.07) is 11.1. The maximum absolute atomic E-state index is 12.6. The van der Waals surface area contributed by atoms with Gasteiger partial charge >= 0.3 is 0 Å². The van der Waals surface area contributed by atoms with E-state index in [-0.39, 0.29) is 17.6 Å². The molecule has 0 saturated carbocycles. The van der Waals surface area contributed by atoms with Crippen molar-refractivity contribution in [3.63, 3.8) is 0 Å². The van der Waals surface area contributed by atoms with Gasteiger partial charge in [-0.2, -0.15) is 0 Å². The van der Waals surface area contributed by atoms with Gasteiger partial charge in [0.05, 0.1) is 6.20 Å². The van der Waals surface area contributed by atoms with Crippen LogP contribution in [0.5, 0.6) is 0 Å². The topological polar surface area (TPSA) is 69.9 Å². The van der Waals surface area contributed by atoms with Gasteiger partial charge in [0.15, 0.2) is 0 Å². The number of amides is 2. The molecule has 1 fully saturated rings. The van der Waals surface area contributed by atoms with Gasteiger partial charge in [0.2, 0.25) is 11.7 Å². The molecule has 0 N–H and O–H groups in total. The van der Waals surface area contributed by atoms with Crippen LogP contribution in [-0.2, 0) is 17.6 Å². The first-order valence-electron chi connectivity index (χ1n) is 12.8. The van der Waals surface area contributed by atoms with Crippen LogP contribution < -0.4 is 0 Å². The molecular weight excluding hydrogens is 428 g/mol. The van der Waals surface area contributed by atoms with E-state index in [1.165, 1.54) is 17.3 Å². The monoisotopic (exact) mass is 468 g/mol. The Labute approximate surface area is 204 Å². The van der Waals surface area contributed by atoms with Gasteiger partial charge < -0.3 is 19.2 Å². The molecule has 0 aliphatic carbocycles. The van der Waals surface area contributed by atoms with E-state index >= 15 is 0 Å². The van der Waals surface area contributed by atoms with Gasteiger partial charge in [0, 0.05) is 44.7 Å². The molecule has 7 heteroatoms. The van der Waals surface area contributed by atoms with E-state index in [0.29, 0.717) is 32.1 Å². The Morgan fingerprint density at radius 1 is 1.06 bits per heavy atom. The average Bonchev–Trinajstić information content (AvgIpc) is 3.32. The number of hydrogen-bond acceptors (Lipinski definition) is 5. The Morgan fingerprint density at radius 3 is 2.50 bits per heavy atom. The van der Waals surface area contributed by atoms with Crippen LogP contribution in [0.2, 0.25) is 0 Å². The molecule has 186 valence electrons. The molecule has 2 amide bonds. The number of unbranched alkanes of at least 4 members (excludes halogenated alkanes) is 1. The lowest BCUT2D eigenvalue weighted by molar-refractivity contribution is -0.130. The van der Waals surface area contributed by atoms with Crippen LogP contribution >= 0.6 is 0 Å². The standard InChI is InChI=1S/C27H40N4O3/c1-4-15-29(22(3)21-24-10-8-23(5-2)9-11-24)16-6-7-17-30-19-20-31(18-13-26(30)32)27(33)25-12-14-28-34-25/h8-12,14,22H,4-7,13,15-21H2,1-3H3. The molecule has 34 heavy (non-hydrogen) atoms. The fourth-order valence-corrected chi connectivity index (χ4v) is 4.63. The van der Waals surface area contributed by atoms with Gasteiger partial charge in [-0.15, -0.1) is 0 Å². The van der Waals surface area contributed by atoms with E-state index in [4.69, 9.17) is 4.52 Å². The summed E-state index contributed by atoms with van der Waals surface area (Å²) in [6.07, 6.45) is 7.13. The smallest absolute Gasteiger partial charge is 0.292 e. The molecule has 2 heterocycles. The number of nitrogens with zero attached hydrogens (tertiary/aromatic N) is 4. The van der Waals surface area contributed by atoms with Crippen LogP contribution in [0.3, 0.4) is 0 Å². The summed E-state index contributed by atoms with van der Waals surface area (Å²) < 4.78 is 4.99. The SMILES string of the molecule is CCCN(CCCCN1CCN(C(=O)c2ccno2)CCC1=O)C(C)Cc1ccc(CC)cc1. The van der Waals surface area contributed by atoms with Crippen LogP contribution in [0.15, 0.2) is 41.1 Å². The first-order chi connectivity index (χ1) is 16.5. The van der Waals surface area contributed by atoms with Crippen LogP contribution in [0, 0.1) is 0 Å². The second-order valence-electron chi connectivity index (χ2n) is 9.27. The zero-order valence-electron chi connectivity index (χ0n) is 21.0. The molecule has 2 aromatic rings. The molecule has 0 spiro atoms. The van der Waals surface area contributed by atoms with Crippen molar-refractivity contribution in [1.29, 1.82) is 0 Å². The largest absolute Gasteiger partial charge is 0.351 e. The van der Waals surface area contributed by atoms with E-state index in [1.54, 1.807) is 11.0 Å². The van der Waals surface area contributed by atoms with Gasteiger partial charge in [0.25, 0.3) is 5.91 Å². The molecule has 0 bridgehead atoms. The third-order valence-corrected chi connectivity index (χ3v) is 6.74. The molecule has 1 aromatic heterocycles. The van der Waals surface area contributed by atoms with Crippen molar-refractivity contribution in [2.75, 3.05) is 39.3 Å². The molecule has 7 nitrogen and oxygen atoms in total. The summed E-state index contributed by atoms with van der Waals surface area (Å²) in [5.41, 5.74) is 2.78. The summed E-state index contributed by atoms with van der Waals surface area (Å²) >= 11 is 0. The predicted octanol–water partition coefficient (Wildman–Crippen LogP) is 4.03. The molecule has 1 saturated heterocycles. The minimum Gasteiger partial charge on any atom is -0.351 e. The van der Waals surface area contributed by atoms with Gasteiger partial charge in [-0.3, -0.25) is 9.59 Å². The highest BCUT2D eigenvalue weighted by Gasteiger charge is 2.26. The molecule has 1 aliphatic heterocycles. The Morgan fingerprint density at radius 2 is 1.82 bits per heavy atom. The summed E-state index contributed by atoms with van der Waals surface area (Å²) in [6.45, 7) is 11.2. The molecule has 1 aromatic carbocycles. The number of carbonyl (C=O) groups excluding carboxylic acids is 2. The highest BCUT2D eigenvalue weighted by Crippen LogP contribution is 2.14. The second-order valence-corrected chi connectivity index (χ2v) is 9.27. The van der Waals surface area contributed by atoms with Crippen molar-refractivity contribution in [2.45, 2.75) is 65.3 Å². The summed E-state index contributed by atoms with van der Waals surface area (Å²) in [5.74, 6) is 0.162. The highest BCUT2D eigenvalue weighted by atomic mass is 16.5. The number of aromatic nitrogens is 1. The molecule has 1 atom stereocenters. The maximum Gasteiger partial charge on any atom is 0.292 e. The predicted molar refractivity (Wildman–Crippen MR) is 134 cm³/mol.